The monoisotopic (exact) mass is 233 g/mol. The second kappa shape index (κ2) is 4.90. The molecular formula is C14H19NO2. The topological polar surface area (TPSA) is 34.4 Å². The molecule has 2 aromatic rings. The zero-order valence-electron chi connectivity index (χ0n) is 10.9. The maximum atomic E-state index is 5.96. The molecule has 1 aromatic carbocycles. The van der Waals surface area contributed by atoms with Gasteiger partial charge in [-0.25, -0.2) is 0 Å². The molecule has 92 valence electrons. The van der Waals surface area contributed by atoms with E-state index in [1.54, 1.807) is 7.11 Å². The third-order valence-corrected chi connectivity index (χ3v) is 3.05. The number of aryl methyl sites for hydroxylation is 2. The third kappa shape index (κ3) is 2.08. The minimum absolute atomic E-state index is 0.592. The van der Waals surface area contributed by atoms with Crippen LogP contribution in [-0.4, -0.2) is 14.2 Å². The van der Waals surface area contributed by atoms with Gasteiger partial charge in [-0.2, -0.15) is 0 Å². The summed E-state index contributed by atoms with van der Waals surface area (Å²) in [4.78, 5) is 0. The Kier molecular flexibility index (Phi) is 3.50. The van der Waals surface area contributed by atoms with E-state index in [1.807, 2.05) is 7.05 Å². The van der Waals surface area contributed by atoms with Gasteiger partial charge in [-0.1, -0.05) is 12.1 Å². The number of fused-ring (bicyclic) bond motifs is 1. The predicted octanol–water partition coefficient (Wildman–Crippen LogP) is 2.92. The molecule has 0 aliphatic carbocycles. The molecule has 0 spiro atoms. The summed E-state index contributed by atoms with van der Waals surface area (Å²) < 4.78 is 11.2. The minimum Gasteiger partial charge on any atom is -0.459 e. The molecule has 0 unspecified atom stereocenters. The molecule has 0 amide bonds. The van der Waals surface area contributed by atoms with Gasteiger partial charge in [-0.05, 0) is 32.0 Å². The molecule has 1 aromatic heterocycles. The Bertz CT molecular complexity index is 528. The van der Waals surface area contributed by atoms with Gasteiger partial charge in [0.05, 0.1) is 13.2 Å². The first-order chi connectivity index (χ1) is 8.19. The van der Waals surface area contributed by atoms with Gasteiger partial charge in [-0.15, -0.1) is 0 Å². The molecule has 0 atom stereocenters. The van der Waals surface area contributed by atoms with Crippen molar-refractivity contribution in [2.24, 2.45) is 0 Å². The van der Waals surface area contributed by atoms with Crippen LogP contribution in [0.3, 0.4) is 0 Å². The zero-order chi connectivity index (χ0) is 12.4. The summed E-state index contributed by atoms with van der Waals surface area (Å²) in [5, 5.41) is 4.34. The number of hydrogen-bond acceptors (Lipinski definition) is 3. The van der Waals surface area contributed by atoms with Crippen molar-refractivity contribution < 1.29 is 9.15 Å². The van der Waals surface area contributed by atoms with E-state index in [1.165, 1.54) is 16.5 Å². The van der Waals surface area contributed by atoms with E-state index >= 15 is 0 Å². The maximum absolute atomic E-state index is 5.96. The molecule has 0 aliphatic rings. The molecule has 0 fully saturated rings. The normalized spacial score (nSPS) is 11.3. The number of rotatable bonds is 4. The van der Waals surface area contributed by atoms with Crippen LogP contribution in [0.2, 0.25) is 0 Å². The molecule has 0 saturated carbocycles. The summed E-state index contributed by atoms with van der Waals surface area (Å²) in [6.45, 7) is 5.51. The van der Waals surface area contributed by atoms with E-state index in [-0.39, 0.29) is 0 Å². The van der Waals surface area contributed by atoms with E-state index in [2.05, 4.69) is 31.3 Å². The number of benzene rings is 1. The van der Waals surface area contributed by atoms with Gasteiger partial charge in [0.15, 0.2) is 0 Å². The predicted molar refractivity (Wildman–Crippen MR) is 69.2 cm³/mol. The van der Waals surface area contributed by atoms with Crippen LogP contribution >= 0.6 is 0 Å². The lowest BCUT2D eigenvalue weighted by Crippen LogP contribution is -2.06. The molecule has 1 N–H and O–H groups in total. The van der Waals surface area contributed by atoms with Crippen molar-refractivity contribution in [2.45, 2.75) is 27.0 Å². The van der Waals surface area contributed by atoms with E-state index in [9.17, 15) is 0 Å². The standard InChI is InChI=1S/C14H19NO2/c1-9-5-6-10(2)14-13(9)11(8-16-4)12(17-14)7-15-3/h5-6,15H,7-8H2,1-4H3. The van der Waals surface area contributed by atoms with E-state index in [0.29, 0.717) is 6.61 Å². The molecule has 3 nitrogen and oxygen atoms in total. The lowest BCUT2D eigenvalue weighted by atomic mass is 10.0. The molecule has 1 heterocycles. The Labute approximate surface area is 102 Å². The average Bonchev–Trinajstić information content (AvgIpc) is 2.66. The Morgan fingerprint density at radius 1 is 1.24 bits per heavy atom. The Hall–Kier alpha value is -1.32. The van der Waals surface area contributed by atoms with Gasteiger partial charge in [0.25, 0.3) is 0 Å². The fourth-order valence-corrected chi connectivity index (χ4v) is 2.22. The number of hydrogen-bond donors (Lipinski definition) is 1. The number of ether oxygens (including phenoxy) is 1. The molecule has 0 saturated heterocycles. The fourth-order valence-electron chi connectivity index (χ4n) is 2.22. The second-order valence-electron chi connectivity index (χ2n) is 4.37. The summed E-state index contributed by atoms with van der Waals surface area (Å²) in [7, 11) is 3.64. The zero-order valence-corrected chi connectivity index (χ0v) is 10.9. The third-order valence-electron chi connectivity index (χ3n) is 3.05. The van der Waals surface area contributed by atoms with Crippen molar-refractivity contribution in [1.82, 2.24) is 5.32 Å². The van der Waals surface area contributed by atoms with Crippen LogP contribution in [0, 0.1) is 13.8 Å². The molecule has 3 heteroatoms. The highest BCUT2D eigenvalue weighted by atomic mass is 16.5. The summed E-state index contributed by atoms with van der Waals surface area (Å²) in [5.74, 6) is 0.974. The van der Waals surface area contributed by atoms with E-state index in [4.69, 9.17) is 9.15 Å². The molecule has 2 rings (SSSR count). The Morgan fingerprint density at radius 2 is 1.94 bits per heavy atom. The minimum atomic E-state index is 0.592. The van der Waals surface area contributed by atoms with E-state index < -0.39 is 0 Å². The van der Waals surface area contributed by atoms with Crippen molar-refractivity contribution in [3.8, 4) is 0 Å². The smallest absolute Gasteiger partial charge is 0.137 e. The molecular weight excluding hydrogens is 214 g/mol. The highest BCUT2D eigenvalue weighted by Crippen LogP contribution is 2.31. The van der Waals surface area contributed by atoms with Gasteiger partial charge in [0.1, 0.15) is 11.3 Å². The second-order valence-corrected chi connectivity index (χ2v) is 4.37. The first-order valence-corrected chi connectivity index (χ1v) is 5.83. The largest absolute Gasteiger partial charge is 0.459 e. The van der Waals surface area contributed by atoms with Crippen LogP contribution in [0.1, 0.15) is 22.5 Å². The van der Waals surface area contributed by atoms with Gasteiger partial charge in [0, 0.05) is 18.1 Å². The van der Waals surface area contributed by atoms with E-state index in [0.717, 1.165) is 23.5 Å². The highest BCUT2D eigenvalue weighted by Gasteiger charge is 2.16. The van der Waals surface area contributed by atoms with Gasteiger partial charge in [-0.3, -0.25) is 0 Å². The van der Waals surface area contributed by atoms with Gasteiger partial charge in [0.2, 0.25) is 0 Å². The maximum Gasteiger partial charge on any atom is 0.137 e. The molecule has 0 aliphatic heterocycles. The van der Waals surface area contributed by atoms with Crippen molar-refractivity contribution in [1.29, 1.82) is 0 Å². The van der Waals surface area contributed by atoms with Crippen molar-refractivity contribution in [3.05, 3.63) is 34.6 Å². The number of furan rings is 1. The van der Waals surface area contributed by atoms with Crippen LogP contribution in [0.5, 0.6) is 0 Å². The molecule has 17 heavy (non-hydrogen) atoms. The van der Waals surface area contributed by atoms with Gasteiger partial charge < -0.3 is 14.5 Å². The Balaban J connectivity index is 2.70. The average molecular weight is 233 g/mol. The number of nitrogens with one attached hydrogen (secondary N) is 1. The quantitative estimate of drug-likeness (QED) is 0.881. The molecule has 0 bridgehead atoms. The van der Waals surface area contributed by atoms with Gasteiger partial charge >= 0.3 is 0 Å². The highest BCUT2D eigenvalue weighted by molar-refractivity contribution is 5.88. The summed E-state index contributed by atoms with van der Waals surface area (Å²) in [6, 6.07) is 4.23. The van der Waals surface area contributed by atoms with Crippen molar-refractivity contribution in [3.63, 3.8) is 0 Å². The Morgan fingerprint density at radius 3 is 2.59 bits per heavy atom. The van der Waals surface area contributed by atoms with Crippen LogP contribution < -0.4 is 5.32 Å². The SMILES string of the molecule is CNCc1oc2c(C)ccc(C)c2c1COC. The summed E-state index contributed by atoms with van der Waals surface area (Å²) in [5.41, 5.74) is 4.56. The van der Waals surface area contributed by atoms with Crippen LogP contribution in [-0.2, 0) is 17.9 Å². The van der Waals surface area contributed by atoms with Crippen molar-refractivity contribution in [2.75, 3.05) is 14.2 Å². The molecule has 0 radical (unpaired) electrons. The first-order valence-electron chi connectivity index (χ1n) is 5.83. The van der Waals surface area contributed by atoms with Crippen LogP contribution in [0.4, 0.5) is 0 Å². The lowest BCUT2D eigenvalue weighted by Gasteiger charge is -2.03. The van der Waals surface area contributed by atoms with Crippen molar-refractivity contribution >= 4 is 11.0 Å². The van der Waals surface area contributed by atoms with Crippen LogP contribution in [0.25, 0.3) is 11.0 Å². The summed E-state index contributed by atoms with van der Waals surface area (Å²) in [6.07, 6.45) is 0. The first kappa shape index (κ1) is 12.1. The number of methoxy groups -OCH3 is 1. The van der Waals surface area contributed by atoms with Crippen LogP contribution in [0.15, 0.2) is 16.5 Å². The fraction of sp³-hybridized carbons (Fsp3) is 0.429. The lowest BCUT2D eigenvalue weighted by molar-refractivity contribution is 0.183. The summed E-state index contributed by atoms with van der Waals surface area (Å²) >= 11 is 0.